The van der Waals surface area contributed by atoms with Crippen LogP contribution >= 0.6 is 15.9 Å². The zero-order valence-corrected chi connectivity index (χ0v) is 7.47. The van der Waals surface area contributed by atoms with E-state index in [0.717, 1.165) is 0 Å². The summed E-state index contributed by atoms with van der Waals surface area (Å²) in [5, 5.41) is -0.320. The summed E-state index contributed by atoms with van der Waals surface area (Å²) in [5.41, 5.74) is 0. The lowest BCUT2D eigenvalue weighted by Crippen LogP contribution is -2.11. The van der Waals surface area contributed by atoms with Crippen LogP contribution in [0.3, 0.4) is 0 Å². The third-order valence-electron chi connectivity index (χ3n) is 0.687. The van der Waals surface area contributed by atoms with Crippen molar-refractivity contribution in [1.82, 2.24) is 0 Å². The fourth-order valence-electron chi connectivity index (χ4n) is 0.426. The van der Waals surface area contributed by atoms with Gasteiger partial charge >= 0.3 is 5.97 Å². The molecule has 0 fully saturated rings. The number of carbonyl (C=O) groups is 2. The van der Waals surface area contributed by atoms with Crippen LogP contribution in [0.5, 0.6) is 0 Å². The van der Waals surface area contributed by atoms with Crippen molar-refractivity contribution in [2.75, 3.05) is 0 Å². The normalized spacial score (nSPS) is 12.3. The highest BCUT2D eigenvalue weighted by Gasteiger charge is 2.07. The van der Waals surface area contributed by atoms with Crippen molar-refractivity contribution < 1.29 is 14.3 Å². The molecule has 0 saturated heterocycles. The monoisotopic (exact) mass is 208 g/mol. The molecular weight excluding hydrogens is 200 g/mol. The smallest absolute Gasteiger partial charge is 0.314 e. The van der Waals surface area contributed by atoms with Crippen molar-refractivity contribution in [2.45, 2.75) is 25.3 Å². The van der Waals surface area contributed by atoms with Gasteiger partial charge in [0.05, 0.1) is 0 Å². The molecule has 58 valence electrons. The molecule has 0 aliphatic rings. The van der Waals surface area contributed by atoms with Crippen molar-refractivity contribution in [3.63, 3.8) is 0 Å². The van der Waals surface area contributed by atoms with Crippen molar-refractivity contribution >= 4 is 27.7 Å². The van der Waals surface area contributed by atoms with Gasteiger partial charge in [-0.05, 0) is 29.8 Å². The van der Waals surface area contributed by atoms with Gasteiger partial charge in [-0.15, -0.1) is 0 Å². The molecule has 3 nitrogen and oxygen atoms in total. The maximum Gasteiger partial charge on any atom is 0.314 e. The number of carbonyl (C=O) groups excluding carboxylic acids is 2. The summed E-state index contributed by atoms with van der Waals surface area (Å²) >= 11 is 3.01. The fourth-order valence-corrected chi connectivity index (χ4v) is 0.635. The SMILES string of the molecule is CC(=O)CC(=O)OC(C)Br. The summed E-state index contributed by atoms with van der Waals surface area (Å²) in [6.07, 6.45) is -0.143. The molecule has 0 aromatic carbocycles. The van der Waals surface area contributed by atoms with Gasteiger partial charge in [0.1, 0.15) is 12.2 Å². The molecule has 0 aromatic heterocycles. The summed E-state index contributed by atoms with van der Waals surface area (Å²) in [6.45, 7) is 3.01. The van der Waals surface area contributed by atoms with Gasteiger partial charge in [0.2, 0.25) is 0 Å². The number of ketones is 1. The number of ether oxygens (including phenoxy) is 1. The topological polar surface area (TPSA) is 43.4 Å². The van der Waals surface area contributed by atoms with Gasteiger partial charge < -0.3 is 4.74 Å². The Balaban J connectivity index is 3.54. The fraction of sp³-hybridized carbons (Fsp3) is 0.667. The van der Waals surface area contributed by atoms with Crippen LogP contribution in [0.25, 0.3) is 0 Å². The zero-order valence-electron chi connectivity index (χ0n) is 5.89. The quantitative estimate of drug-likeness (QED) is 0.399. The van der Waals surface area contributed by atoms with Gasteiger partial charge in [-0.25, -0.2) is 0 Å². The maximum absolute atomic E-state index is 10.6. The zero-order chi connectivity index (χ0) is 8.15. The molecule has 0 spiro atoms. The Kier molecular flexibility index (Phi) is 4.27. The first kappa shape index (κ1) is 9.62. The minimum absolute atomic E-state index is 0.143. The number of Topliss-reactive ketones (excluding diaryl/α,β-unsaturated/α-hetero) is 1. The van der Waals surface area contributed by atoms with E-state index in [1.165, 1.54) is 6.92 Å². The van der Waals surface area contributed by atoms with Crippen LogP contribution in [0.1, 0.15) is 20.3 Å². The van der Waals surface area contributed by atoms with E-state index in [9.17, 15) is 9.59 Å². The molecule has 0 aliphatic heterocycles. The summed E-state index contributed by atoms with van der Waals surface area (Å²) in [4.78, 5) is 20.9. The van der Waals surface area contributed by atoms with Crippen LogP contribution < -0.4 is 0 Å². The third-order valence-corrected chi connectivity index (χ3v) is 0.874. The van der Waals surface area contributed by atoms with E-state index in [1.807, 2.05) is 0 Å². The Morgan fingerprint density at radius 3 is 2.40 bits per heavy atom. The standard InChI is InChI=1S/C6H9BrO3/c1-4(8)3-6(9)10-5(2)7/h5H,3H2,1-2H3. The lowest BCUT2D eigenvalue weighted by atomic mass is 10.3. The van der Waals surface area contributed by atoms with Crippen molar-refractivity contribution in [2.24, 2.45) is 0 Å². The minimum atomic E-state index is -0.489. The van der Waals surface area contributed by atoms with Gasteiger partial charge in [0, 0.05) is 0 Å². The average Bonchev–Trinajstić information content (AvgIpc) is 1.58. The van der Waals surface area contributed by atoms with Crippen molar-refractivity contribution in [3.05, 3.63) is 0 Å². The summed E-state index contributed by atoms with van der Waals surface area (Å²) in [6, 6.07) is 0. The molecule has 0 bridgehead atoms. The van der Waals surface area contributed by atoms with E-state index >= 15 is 0 Å². The first-order valence-corrected chi connectivity index (χ1v) is 3.77. The third kappa shape index (κ3) is 5.75. The number of esters is 1. The maximum atomic E-state index is 10.6. The molecule has 4 heteroatoms. The number of rotatable bonds is 3. The Morgan fingerprint density at radius 2 is 2.10 bits per heavy atom. The number of hydrogen-bond acceptors (Lipinski definition) is 3. The summed E-state index contributed by atoms with van der Waals surface area (Å²) < 4.78 is 4.62. The molecule has 1 atom stereocenters. The lowest BCUT2D eigenvalue weighted by molar-refractivity contribution is -0.146. The highest BCUT2D eigenvalue weighted by molar-refractivity contribution is 9.09. The van der Waals surface area contributed by atoms with E-state index < -0.39 is 5.97 Å². The second-order valence-corrected chi connectivity index (χ2v) is 3.20. The Bertz CT molecular complexity index is 142. The lowest BCUT2D eigenvalue weighted by Gasteiger charge is -2.03. The molecule has 0 saturated carbocycles. The molecule has 0 rings (SSSR count). The molecule has 0 N–H and O–H groups in total. The van der Waals surface area contributed by atoms with E-state index in [1.54, 1.807) is 6.92 Å². The van der Waals surface area contributed by atoms with Crippen LogP contribution in [0.15, 0.2) is 0 Å². The first-order valence-electron chi connectivity index (χ1n) is 2.85. The summed E-state index contributed by atoms with van der Waals surface area (Å²) in [5.74, 6) is -0.671. The molecule has 0 heterocycles. The van der Waals surface area contributed by atoms with Crippen molar-refractivity contribution in [1.29, 1.82) is 0 Å². The largest absolute Gasteiger partial charge is 0.451 e. The predicted molar refractivity (Wildman–Crippen MR) is 39.8 cm³/mol. The number of halogens is 1. The van der Waals surface area contributed by atoms with Gasteiger partial charge in [-0.1, -0.05) is 0 Å². The Hall–Kier alpha value is -0.380. The van der Waals surface area contributed by atoms with E-state index in [-0.39, 0.29) is 17.2 Å². The van der Waals surface area contributed by atoms with Gasteiger partial charge in [0.15, 0.2) is 5.01 Å². The van der Waals surface area contributed by atoms with Gasteiger partial charge in [-0.2, -0.15) is 0 Å². The Labute approximate surface area is 67.9 Å². The van der Waals surface area contributed by atoms with Crippen LogP contribution in [0.2, 0.25) is 0 Å². The van der Waals surface area contributed by atoms with Crippen LogP contribution in [0.4, 0.5) is 0 Å². The molecule has 10 heavy (non-hydrogen) atoms. The summed E-state index contributed by atoms with van der Waals surface area (Å²) in [7, 11) is 0. The van der Waals surface area contributed by atoms with E-state index in [0.29, 0.717) is 0 Å². The predicted octanol–water partition coefficient (Wildman–Crippen LogP) is 1.25. The van der Waals surface area contributed by atoms with E-state index in [2.05, 4.69) is 20.7 Å². The molecule has 0 radical (unpaired) electrons. The van der Waals surface area contributed by atoms with Gasteiger partial charge in [-0.3, -0.25) is 9.59 Å². The highest BCUT2D eigenvalue weighted by atomic mass is 79.9. The average molecular weight is 209 g/mol. The van der Waals surface area contributed by atoms with Crippen LogP contribution in [0, 0.1) is 0 Å². The van der Waals surface area contributed by atoms with E-state index in [4.69, 9.17) is 0 Å². The van der Waals surface area contributed by atoms with Crippen LogP contribution in [-0.4, -0.2) is 16.8 Å². The number of hydrogen-bond donors (Lipinski definition) is 0. The Morgan fingerprint density at radius 1 is 1.60 bits per heavy atom. The second kappa shape index (κ2) is 4.44. The van der Waals surface area contributed by atoms with Gasteiger partial charge in [0.25, 0.3) is 0 Å². The second-order valence-electron chi connectivity index (χ2n) is 1.91. The molecule has 0 aliphatic carbocycles. The molecule has 0 aromatic rings. The molecular formula is C6H9BrO3. The molecule has 0 amide bonds. The molecule has 1 unspecified atom stereocenters. The van der Waals surface area contributed by atoms with Crippen LogP contribution in [-0.2, 0) is 14.3 Å². The van der Waals surface area contributed by atoms with Crippen molar-refractivity contribution in [3.8, 4) is 0 Å². The highest BCUT2D eigenvalue weighted by Crippen LogP contribution is 2.01. The minimum Gasteiger partial charge on any atom is -0.451 e. The first-order chi connectivity index (χ1) is 4.52. The number of alkyl halides is 1.